The van der Waals surface area contributed by atoms with Crippen molar-refractivity contribution >= 4 is 32.7 Å². The molecule has 1 aromatic heterocycles. The number of thiazole rings is 1. The summed E-state index contributed by atoms with van der Waals surface area (Å²) in [6, 6.07) is 17.4. The van der Waals surface area contributed by atoms with Crippen molar-refractivity contribution in [1.29, 1.82) is 0 Å². The average molecular weight is 297 g/mol. The molecule has 0 fully saturated rings. The van der Waals surface area contributed by atoms with Gasteiger partial charge in [0.2, 0.25) is 0 Å². The lowest BCUT2D eigenvalue weighted by atomic mass is 10.1. The summed E-state index contributed by atoms with van der Waals surface area (Å²) in [5, 5.41) is 6.30. The van der Waals surface area contributed by atoms with Crippen LogP contribution in [0, 0.1) is 0 Å². The Morgan fingerprint density at radius 3 is 2.57 bits per heavy atom. The number of fused-ring (bicyclic) bond motifs is 1. The fraction of sp³-hybridized carbons (Fsp3) is 0.125. The normalized spacial score (nSPS) is 12.0. The summed E-state index contributed by atoms with van der Waals surface area (Å²) in [4.78, 5) is 16.4. The summed E-state index contributed by atoms with van der Waals surface area (Å²) in [7, 11) is 0. The van der Waals surface area contributed by atoms with Gasteiger partial charge in [0.1, 0.15) is 0 Å². The van der Waals surface area contributed by atoms with Crippen molar-refractivity contribution in [1.82, 2.24) is 10.3 Å². The number of urea groups is 1. The molecule has 0 aliphatic heterocycles. The third-order valence-corrected chi connectivity index (χ3v) is 4.11. The SMILES string of the molecule is C[C@H](NC(=O)Nc1nc2ccccc2s1)c1ccccc1. The van der Waals surface area contributed by atoms with E-state index >= 15 is 0 Å². The molecule has 0 saturated carbocycles. The average Bonchev–Trinajstić information content (AvgIpc) is 2.90. The van der Waals surface area contributed by atoms with E-state index in [4.69, 9.17) is 0 Å². The standard InChI is InChI=1S/C16H15N3OS/c1-11(12-7-3-2-4-8-12)17-15(20)19-16-18-13-9-5-6-10-14(13)21-16/h2-11H,1H3,(H2,17,18,19,20)/t11-/m0/s1. The van der Waals surface area contributed by atoms with Crippen LogP contribution in [0.2, 0.25) is 0 Å². The number of rotatable bonds is 3. The van der Waals surface area contributed by atoms with Crippen LogP contribution in [0.5, 0.6) is 0 Å². The number of benzene rings is 2. The van der Waals surface area contributed by atoms with Gasteiger partial charge in [0.25, 0.3) is 0 Å². The van der Waals surface area contributed by atoms with Gasteiger partial charge >= 0.3 is 6.03 Å². The fourth-order valence-electron chi connectivity index (χ4n) is 2.08. The number of nitrogens with one attached hydrogen (secondary N) is 2. The van der Waals surface area contributed by atoms with Gasteiger partial charge in [0.15, 0.2) is 5.13 Å². The first-order valence-corrected chi connectivity index (χ1v) is 7.52. The van der Waals surface area contributed by atoms with E-state index in [9.17, 15) is 4.79 Å². The fourth-order valence-corrected chi connectivity index (χ4v) is 2.94. The van der Waals surface area contributed by atoms with Gasteiger partial charge in [0, 0.05) is 0 Å². The Labute approximate surface area is 126 Å². The second kappa shape index (κ2) is 5.93. The van der Waals surface area contributed by atoms with Gasteiger partial charge in [-0.15, -0.1) is 0 Å². The number of carbonyl (C=O) groups is 1. The van der Waals surface area contributed by atoms with Crippen molar-refractivity contribution in [2.24, 2.45) is 0 Å². The van der Waals surface area contributed by atoms with Gasteiger partial charge in [-0.2, -0.15) is 0 Å². The summed E-state index contributed by atoms with van der Waals surface area (Å²) >= 11 is 1.47. The third-order valence-electron chi connectivity index (χ3n) is 3.16. The minimum atomic E-state index is -0.245. The highest BCUT2D eigenvalue weighted by Gasteiger charge is 2.11. The highest BCUT2D eigenvalue weighted by molar-refractivity contribution is 7.22. The molecule has 3 rings (SSSR count). The highest BCUT2D eigenvalue weighted by atomic mass is 32.1. The van der Waals surface area contributed by atoms with Crippen molar-refractivity contribution in [2.45, 2.75) is 13.0 Å². The highest BCUT2D eigenvalue weighted by Crippen LogP contribution is 2.25. The van der Waals surface area contributed by atoms with Crippen LogP contribution in [0.15, 0.2) is 54.6 Å². The topological polar surface area (TPSA) is 54.0 Å². The lowest BCUT2D eigenvalue weighted by molar-refractivity contribution is 0.249. The summed E-state index contributed by atoms with van der Waals surface area (Å²) in [6.07, 6.45) is 0. The van der Waals surface area contributed by atoms with Crippen molar-refractivity contribution in [2.75, 3.05) is 5.32 Å². The molecule has 0 saturated heterocycles. The van der Waals surface area contributed by atoms with E-state index in [-0.39, 0.29) is 12.1 Å². The third kappa shape index (κ3) is 3.20. The molecule has 0 bridgehead atoms. The van der Waals surface area contributed by atoms with Gasteiger partial charge in [-0.1, -0.05) is 53.8 Å². The lowest BCUT2D eigenvalue weighted by Crippen LogP contribution is -2.31. The Bertz CT molecular complexity index is 721. The Kier molecular flexibility index (Phi) is 3.83. The van der Waals surface area contributed by atoms with E-state index in [1.807, 2.05) is 61.5 Å². The summed E-state index contributed by atoms with van der Waals surface area (Å²) < 4.78 is 1.06. The number of carbonyl (C=O) groups excluding carboxylic acids is 1. The Morgan fingerprint density at radius 1 is 1.10 bits per heavy atom. The number of hydrogen-bond donors (Lipinski definition) is 2. The maximum absolute atomic E-state index is 12.0. The molecule has 0 aliphatic rings. The molecule has 4 nitrogen and oxygen atoms in total. The minimum absolute atomic E-state index is 0.0550. The molecule has 1 atom stereocenters. The van der Waals surface area contributed by atoms with Crippen LogP contribution >= 0.6 is 11.3 Å². The van der Waals surface area contributed by atoms with Gasteiger partial charge in [-0.25, -0.2) is 9.78 Å². The monoisotopic (exact) mass is 297 g/mol. The quantitative estimate of drug-likeness (QED) is 0.762. The van der Waals surface area contributed by atoms with Crippen molar-refractivity contribution < 1.29 is 4.79 Å². The number of para-hydroxylation sites is 1. The molecule has 106 valence electrons. The van der Waals surface area contributed by atoms with Crippen LogP contribution in [0.1, 0.15) is 18.5 Å². The molecule has 0 aliphatic carbocycles. The number of amides is 2. The molecular formula is C16H15N3OS. The molecule has 2 N–H and O–H groups in total. The van der Waals surface area contributed by atoms with Crippen LogP contribution in [0.3, 0.4) is 0 Å². The van der Waals surface area contributed by atoms with Crippen molar-refractivity contribution in [3.8, 4) is 0 Å². The molecule has 2 aromatic carbocycles. The number of anilines is 1. The molecule has 1 heterocycles. The molecule has 2 amide bonds. The van der Waals surface area contributed by atoms with E-state index in [0.29, 0.717) is 5.13 Å². The molecule has 21 heavy (non-hydrogen) atoms. The van der Waals surface area contributed by atoms with E-state index in [2.05, 4.69) is 15.6 Å². The lowest BCUT2D eigenvalue weighted by Gasteiger charge is -2.13. The van der Waals surface area contributed by atoms with Crippen LogP contribution in [0.25, 0.3) is 10.2 Å². The second-order valence-electron chi connectivity index (χ2n) is 4.72. The predicted octanol–water partition coefficient (Wildman–Crippen LogP) is 4.18. The second-order valence-corrected chi connectivity index (χ2v) is 5.75. The number of hydrogen-bond acceptors (Lipinski definition) is 3. The molecule has 0 unspecified atom stereocenters. The maximum Gasteiger partial charge on any atom is 0.321 e. The Morgan fingerprint density at radius 2 is 1.81 bits per heavy atom. The Hall–Kier alpha value is -2.40. The molecular weight excluding hydrogens is 282 g/mol. The number of nitrogens with zero attached hydrogens (tertiary/aromatic N) is 1. The van der Waals surface area contributed by atoms with Gasteiger partial charge in [-0.05, 0) is 24.6 Å². The zero-order valence-corrected chi connectivity index (χ0v) is 12.4. The molecule has 5 heteroatoms. The van der Waals surface area contributed by atoms with Crippen LogP contribution in [-0.2, 0) is 0 Å². The first kappa shape index (κ1) is 13.6. The van der Waals surface area contributed by atoms with Crippen molar-refractivity contribution in [3.63, 3.8) is 0 Å². The molecule has 3 aromatic rings. The van der Waals surface area contributed by atoms with Crippen LogP contribution in [-0.4, -0.2) is 11.0 Å². The van der Waals surface area contributed by atoms with Gasteiger partial charge in [0.05, 0.1) is 16.3 Å². The zero-order chi connectivity index (χ0) is 14.7. The van der Waals surface area contributed by atoms with E-state index in [0.717, 1.165) is 15.8 Å². The maximum atomic E-state index is 12.0. The van der Waals surface area contributed by atoms with E-state index in [1.54, 1.807) is 0 Å². The summed E-state index contributed by atoms with van der Waals surface area (Å²) in [5.41, 5.74) is 1.96. The summed E-state index contributed by atoms with van der Waals surface area (Å²) in [5.74, 6) is 0. The largest absolute Gasteiger partial charge is 0.331 e. The molecule has 0 spiro atoms. The van der Waals surface area contributed by atoms with Crippen LogP contribution < -0.4 is 10.6 Å². The minimum Gasteiger partial charge on any atom is -0.331 e. The molecule has 0 radical (unpaired) electrons. The predicted molar refractivity (Wildman–Crippen MR) is 86.6 cm³/mol. The van der Waals surface area contributed by atoms with E-state index < -0.39 is 0 Å². The first-order valence-electron chi connectivity index (χ1n) is 6.70. The first-order chi connectivity index (χ1) is 10.2. The smallest absolute Gasteiger partial charge is 0.321 e. The van der Waals surface area contributed by atoms with Gasteiger partial charge in [-0.3, -0.25) is 5.32 Å². The zero-order valence-electron chi connectivity index (χ0n) is 11.5. The van der Waals surface area contributed by atoms with E-state index in [1.165, 1.54) is 11.3 Å². The number of aromatic nitrogens is 1. The van der Waals surface area contributed by atoms with Crippen LogP contribution in [0.4, 0.5) is 9.93 Å². The summed E-state index contributed by atoms with van der Waals surface area (Å²) in [6.45, 7) is 1.95. The Balaban J connectivity index is 1.66. The van der Waals surface area contributed by atoms with Crippen molar-refractivity contribution in [3.05, 3.63) is 60.2 Å². The van der Waals surface area contributed by atoms with Gasteiger partial charge < -0.3 is 5.32 Å².